The van der Waals surface area contributed by atoms with Gasteiger partial charge in [0.05, 0.1) is 18.2 Å². The molecule has 8 heteroatoms. The second kappa shape index (κ2) is 9.02. The van der Waals surface area contributed by atoms with E-state index >= 15 is 0 Å². The van der Waals surface area contributed by atoms with Gasteiger partial charge < -0.3 is 10.4 Å². The molecule has 0 saturated carbocycles. The molecule has 0 saturated heterocycles. The number of hydrogen-bond acceptors (Lipinski definition) is 6. The molecule has 0 fully saturated rings. The van der Waals surface area contributed by atoms with Crippen molar-refractivity contribution >= 4 is 11.8 Å². The van der Waals surface area contributed by atoms with Gasteiger partial charge in [0.15, 0.2) is 0 Å². The van der Waals surface area contributed by atoms with Gasteiger partial charge in [0.1, 0.15) is 11.6 Å². The summed E-state index contributed by atoms with van der Waals surface area (Å²) >= 11 is 0. The van der Waals surface area contributed by atoms with Gasteiger partial charge in [-0.1, -0.05) is 6.07 Å². The Morgan fingerprint density at radius 1 is 1.20 bits per heavy atom. The topological polar surface area (TPSA) is 106 Å². The summed E-state index contributed by atoms with van der Waals surface area (Å²) < 4.78 is 1.71. The number of carbonyl (C=O) groups is 1. The van der Waals surface area contributed by atoms with Gasteiger partial charge in [-0.05, 0) is 56.7 Å². The number of carboxylic acid groups (broad SMARTS) is 1. The third kappa shape index (κ3) is 4.82. The summed E-state index contributed by atoms with van der Waals surface area (Å²) in [5.74, 6) is 0.796. The third-order valence-electron chi connectivity index (χ3n) is 5.35. The largest absolute Gasteiger partial charge is 0.481 e. The lowest BCUT2D eigenvalue weighted by Gasteiger charge is -2.17. The first kappa shape index (κ1) is 20.0. The first-order valence-corrected chi connectivity index (χ1v) is 10.4. The van der Waals surface area contributed by atoms with E-state index in [1.165, 1.54) is 5.56 Å². The molecule has 0 radical (unpaired) electrons. The van der Waals surface area contributed by atoms with Crippen LogP contribution in [0.1, 0.15) is 53.6 Å². The second-order valence-corrected chi connectivity index (χ2v) is 7.66. The van der Waals surface area contributed by atoms with Crippen LogP contribution < -0.4 is 5.32 Å². The Bertz CT molecular complexity index is 1010. The van der Waals surface area contributed by atoms with Crippen molar-refractivity contribution in [2.45, 2.75) is 51.5 Å². The number of pyridine rings is 1. The maximum absolute atomic E-state index is 11.4. The number of aromatic nitrogens is 5. The molecule has 2 N–H and O–H groups in total. The molecule has 0 unspecified atom stereocenters. The van der Waals surface area contributed by atoms with Crippen LogP contribution in [0.3, 0.4) is 0 Å². The molecule has 4 rings (SSSR count). The van der Waals surface area contributed by atoms with E-state index in [-0.39, 0.29) is 6.42 Å². The summed E-state index contributed by atoms with van der Waals surface area (Å²) in [4.78, 5) is 24.5. The van der Waals surface area contributed by atoms with Gasteiger partial charge in [-0.25, -0.2) is 15.0 Å². The molecule has 30 heavy (non-hydrogen) atoms. The third-order valence-corrected chi connectivity index (χ3v) is 5.35. The Hall–Kier alpha value is -3.29. The highest BCUT2D eigenvalue weighted by molar-refractivity contribution is 5.68. The van der Waals surface area contributed by atoms with Crippen LogP contribution in [0.5, 0.6) is 0 Å². The molecule has 1 aliphatic rings. The fourth-order valence-corrected chi connectivity index (χ4v) is 3.75. The zero-order chi connectivity index (χ0) is 20.9. The Kier molecular flexibility index (Phi) is 6.02. The maximum atomic E-state index is 11.4. The molecule has 4 heterocycles. The van der Waals surface area contributed by atoms with Crippen LogP contribution in [-0.2, 0) is 24.1 Å². The van der Waals surface area contributed by atoms with Crippen molar-refractivity contribution in [1.82, 2.24) is 24.7 Å². The van der Waals surface area contributed by atoms with E-state index in [2.05, 4.69) is 32.5 Å². The number of nitrogens with one attached hydrogen (secondary N) is 1. The highest BCUT2D eigenvalue weighted by atomic mass is 16.4. The number of rotatable bonds is 8. The van der Waals surface area contributed by atoms with E-state index in [4.69, 9.17) is 4.98 Å². The van der Waals surface area contributed by atoms with E-state index in [0.717, 1.165) is 61.4 Å². The number of anilines is 1. The summed E-state index contributed by atoms with van der Waals surface area (Å²) in [7, 11) is 0. The Morgan fingerprint density at radius 2 is 2.00 bits per heavy atom. The molecule has 0 spiro atoms. The Morgan fingerprint density at radius 3 is 2.80 bits per heavy atom. The number of aryl methyl sites for hydroxylation is 4. The van der Waals surface area contributed by atoms with E-state index < -0.39 is 12.0 Å². The SMILES string of the molecule is Cc1ncc([C@H](CC(=O)O)n2ccc(CCCc3ccc4c(n3)NCCC4)n2)cn1. The van der Waals surface area contributed by atoms with Crippen LogP contribution in [-0.4, -0.2) is 42.4 Å². The summed E-state index contributed by atoms with van der Waals surface area (Å²) in [5, 5.41) is 17.3. The van der Waals surface area contributed by atoms with Crippen molar-refractivity contribution in [3.63, 3.8) is 0 Å². The first-order chi connectivity index (χ1) is 14.6. The first-order valence-electron chi connectivity index (χ1n) is 10.4. The number of carboxylic acids is 1. The van der Waals surface area contributed by atoms with Crippen molar-refractivity contribution in [2.75, 3.05) is 11.9 Å². The molecular formula is C22H26N6O2. The molecular weight excluding hydrogens is 380 g/mol. The van der Waals surface area contributed by atoms with Gasteiger partial charge in [0.2, 0.25) is 0 Å². The fraction of sp³-hybridized carbons (Fsp3) is 0.409. The lowest BCUT2D eigenvalue weighted by molar-refractivity contribution is -0.137. The highest BCUT2D eigenvalue weighted by Gasteiger charge is 2.19. The van der Waals surface area contributed by atoms with Crippen molar-refractivity contribution in [1.29, 1.82) is 0 Å². The lowest BCUT2D eigenvalue weighted by atomic mass is 10.1. The van der Waals surface area contributed by atoms with Gasteiger partial charge in [-0.3, -0.25) is 9.48 Å². The summed E-state index contributed by atoms with van der Waals surface area (Å²) in [6, 6.07) is 5.82. The second-order valence-electron chi connectivity index (χ2n) is 7.66. The van der Waals surface area contributed by atoms with E-state index in [1.54, 1.807) is 24.0 Å². The highest BCUT2D eigenvalue weighted by Crippen LogP contribution is 2.22. The minimum atomic E-state index is -0.885. The molecule has 3 aromatic rings. The number of hydrogen-bond donors (Lipinski definition) is 2. The summed E-state index contributed by atoms with van der Waals surface area (Å²) in [6.07, 6.45) is 9.99. The van der Waals surface area contributed by atoms with Gasteiger partial charge in [0.25, 0.3) is 0 Å². The molecule has 1 aliphatic heterocycles. The molecule has 0 aliphatic carbocycles. The van der Waals surface area contributed by atoms with Crippen LogP contribution in [0, 0.1) is 6.92 Å². The Labute approximate surface area is 175 Å². The van der Waals surface area contributed by atoms with Crippen molar-refractivity contribution in [3.8, 4) is 0 Å². The van der Waals surface area contributed by atoms with Gasteiger partial charge in [0, 0.05) is 36.4 Å². The van der Waals surface area contributed by atoms with Crippen LogP contribution >= 0.6 is 0 Å². The fourth-order valence-electron chi connectivity index (χ4n) is 3.75. The number of fused-ring (bicyclic) bond motifs is 1. The van der Waals surface area contributed by atoms with Gasteiger partial charge in [-0.15, -0.1) is 0 Å². The Balaban J connectivity index is 1.40. The summed E-state index contributed by atoms with van der Waals surface area (Å²) in [5.41, 5.74) is 4.06. The molecule has 0 bridgehead atoms. The zero-order valence-electron chi connectivity index (χ0n) is 17.1. The van der Waals surface area contributed by atoms with Crippen LogP contribution in [0.4, 0.5) is 5.82 Å². The predicted octanol–water partition coefficient (Wildman–Crippen LogP) is 2.97. The lowest BCUT2D eigenvalue weighted by Crippen LogP contribution is -2.16. The average Bonchev–Trinajstić information content (AvgIpc) is 3.21. The quantitative estimate of drug-likeness (QED) is 0.592. The smallest absolute Gasteiger partial charge is 0.305 e. The zero-order valence-corrected chi connectivity index (χ0v) is 17.1. The molecule has 156 valence electrons. The minimum absolute atomic E-state index is 0.0699. The molecule has 3 aromatic heterocycles. The van der Waals surface area contributed by atoms with E-state index in [0.29, 0.717) is 5.82 Å². The molecule has 0 amide bonds. The molecule has 1 atom stereocenters. The normalized spacial score (nSPS) is 14.0. The van der Waals surface area contributed by atoms with Crippen LogP contribution in [0.2, 0.25) is 0 Å². The minimum Gasteiger partial charge on any atom is -0.481 e. The monoisotopic (exact) mass is 406 g/mol. The van der Waals surface area contributed by atoms with Crippen LogP contribution in [0.15, 0.2) is 36.8 Å². The van der Waals surface area contributed by atoms with Crippen LogP contribution in [0.25, 0.3) is 0 Å². The summed E-state index contributed by atoms with van der Waals surface area (Å²) in [6.45, 7) is 2.79. The predicted molar refractivity (Wildman–Crippen MR) is 112 cm³/mol. The standard InChI is InChI=1S/C22H26N6O2/c1-15-24-13-17(14-25-15)20(12-21(29)30)28-11-9-19(27-28)6-2-5-18-8-7-16-4-3-10-23-22(16)26-18/h7-9,11,13-14,20H,2-6,10,12H2,1H3,(H,23,26)(H,29,30)/t20-/m0/s1. The van der Waals surface area contributed by atoms with Crippen molar-refractivity contribution in [2.24, 2.45) is 0 Å². The number of nitrogens with zero attached hydrogens (tertiary/aromatic N) is 5. The average molecular weight is 406 g/mol. The van der Waals surface area contributed by atoms with Gasteiger partial charge in [-0.2, -0.15) is 5.10 Å². The van der Waals surface area contributed by atoms with Gasteiger partial charge >= 0.3 is 5.97 Å². The van der Waals surface area contributed by atoms with Crippen molar-refractivity contribution in [3.05, 3.63) is 65.1 Å². The molecule has 8 nitrogen and oxygen atoms in total. The maximum Gasteiger partial charge on any atom is 0.305 e. The number of aliphatic carboxylic acids is 1. The van der Waals surface area contributed by atoms with Crippen molar-refractivity contribution < 1.29 is 9.90 Å². The molecule has 0 aromatic carbocycles. The van der Waals surface area contributed by atoms with E-state index in [9.17, 15) is 9.90 Å². The van der Waals surface area contributed by atoms with E-state index in [1.807, 2.05) is 12.3 Å².